The fourth-order valence-electron chi connectivity index (χ4n) is 1.45. The lowest BCUT2D eigenvalue weighted by atomic mass is 10.1. The third kappa shape index (κ3) is 1.30. The molecule has 1 aliphatic rings. The summed E-state index contributed by atoms with van der Waals surface area (Å²) in [5.74, 6) is 0. The van der Waals surface area contributed by atoms with Gasteiger partial charge in [0.1, 0.15) is 0 Å². The molecule has 0 aromatic heterocycles. The van der Waals surface area contributed by atoms with Gasteiger partial charge in [-0.2, -0.15) is 0 Å². The van der Waals surface area contributed by atoms with Crippen molar-refractivity contribution in [1.29, 1.82) is 0 Å². The van der Waals surface area contributed by atoms with Crippen molar-refractivity contribution in [3.63, 3.8) is 0 Å². The first-order valence-electron chi connectivity index (χ1n) is 3.93. The van der Waals surface area contributed by atoms with E-state index < -0.39 is 10.8 Å². The third-order valence-electron chi connectivity index (χ3n) is 2.14. The first-order chi connectivity index (χ1) is 5.77. The fourth-order valence-corrected chi connectivity index (χ4v) is 2.02. The Hall–Kier alpha value is -0.670. The van der Waals surface area contributed by atoms with Gasteiger partial charge in [-0.1, -0.05) is 6.07 Å². The monoisotopic (exact) mass is 181 g/mol. The van der Waals surface area contributed by atoms with E-state index in [9.17, 15) is 4.21 Å². The Morgan fingerprint density at radius 1 is 1.33 bits per heavy atom. The minimum absolute atomic E-state index is 0.849. The molecule has 0 saturated carbocycles. The molecule has 3 heteroatoms. The standard InChI is InChI=1S/C9H11NOS/c1-12(11)9-3-2-7-5-10-6-8(7)4-9/h2-4,10H,5-6H2,1H3. The summed E-state index contributed by atoms with van der Waals surface area (Å²) in [7, 11) is -0.849. The summed E-state index contributed by atoms with van der Waals surface area (Å²) in [5.41, 5.74) is 2.63. The molecule has 0 aliphatic carbocycles. The zero-order chi connectivity index (χ0) is 8.55. The molecule has 1 aromatic rings. The maximum atomic E-state index is 11.1. The number of hydrogen-bond donors (Lipinski definition) is 1. The number of nitrogens with one attached hydrogen (secondary N) is 1. The Morgan fingerprint density at radius 2 is 2.08 bits per heavy atom. The van der Waals surface area contributed by atoms with Gasteiger partial charge < -0.3 is 5.32 Å². The van der Waals surface area contributed by atoms with Crippen molar-refractivity contribution in [1.82, 2.24) is 5.32 Å². The van der Waals surface area contributed by atoms with E-state index in [4.69, 9.17) is 0 Å². The van der Waals surface area contributed by atoms with Crippen LogP contribution in [0, 0.1) is 0 Å². The largest absolute Gasteiger partial charge is 0.309 e. The fraction of sp³-hybridized carbons (Fsp3) is 0.333. The van der Waals surface area contributed by atoms with Crippen LogP contribution >= 0.6 is 0 Å². The molecular weight excluding hydrogens is 170 g/mol. The molecule has 1 unspecified atom stereocenters. The highest BCUT2D eigenvalue weighted by atomic mass is 32.2. The molecule has 1 aliphatic heterocycles. The molecule has 1 aromatic carbocycles. The van der Waals surface area contributed by atoms with Crippen LogP contribution in [0.3, 0.4) is 0 Å². The normalized spacial score (nSPS) is 17.4. The van der Waals surface area contributed by atoms with Gasteiger partial charge in [0.15, 0.2) is 0 Å². The number of hydrogen-bond acceptors (Lipinski definition) is 2. The van der Waals surface area contributed by atoms with E-state index in [2.05, 4.69) is 11.4 Å². The summed E-state index contributed by atoms with van der Waals surface area (Å²) in [6.07, 6.45) is 1.71. The summed E-state index contributed by atoms with van der Waals surface area (Å²) >= 11 is 0. The van der Waals surface area contributed by atoms with Crippen molar-refractivity contribution in [3.8, 4) is 0 Å². The zero-order valence-corrected chi connectivity index (χ0v) is 7.78. The highest BCUT2D eigenvalue weighted by Gasteiger charge is 2.10. The summed E-state index contributed by atoms with van der Waals surface area (Å²) in [6, 6.07) is 6.04. The number of rotatable bonds is 1. The van der Waals surface area contributed by atoms with Crippen LogP contribution in [-0.4, -0.2) is 10.5 Å². The van der Waals surface area contributed by atoms with E-state index in [0.29, 0.717) is 0 Å². The lowest BCUT2D eigenvalue weighted by Crippen LogP contribution is -1.99. The zero-order valence-electron chi connectivity index (χ0n) is 6.96. The van der Waals surface area contributed by atoms with Gasteiger partial charge in [0.05, 0.1) is 0 Å². The van der Waals surface area contributed by atoms with Crippen LogP contribution in [0.5, 0.6) is 0 Å². The molecule has 0 saturated heterocycles. The van der Waals surface area contributed by atoms with Crippen molar-refractivity contribution in [2.75, 3.05) is 6.26 Å². The van der Waals surface area contributed by atoms with Crippen molar-refractivity contribution >= 4 is 10.8 Å². The Labute approximate surface area is 74.4 Å². The van der Waals surface area contributed by atoms with E-state index in [1.54, 1.807) is 6.26 Å². The third-order valence-corrected chi connectivity index (χ3v) is 3.06. The summed E-state index contributed by atoms with van der Waals surface area (Å²) < 4.78 is 11.1. The van der Waals surface area contributed by atoms with Gasteiger partial charge in [0, 0.05) is 35.0 Å². The molecule has 0 amide bonds. The van der Waals surface area contributed by atoms with Crippen molar-refractivity contribution in [2.45, 2.75) is 18.0 Å². The van der Waals surface area contributed by atoms with Gasteiger partial charge in [-0.3, -0.25) is 4.21 Å². The van der Waals surface area contributed by atoms with E-state index in [1.807, 2.05) is 12.1 Å². The second kappa shape index (κ2) is 2.99. The first kappa shape index (κ1) is 7.95. The topological polar surface area (TPSA) is 29.1 Å². The van der Waals surface area contributed by atoms with Crippen molar-refractivity contribution in [2.24, 2.45) is 0 Å². The van der Waals surface area contributed by atoms with Crippen molar-refractivity contribution in [3.05, 3.63) is 29.3 Å². The molecule has 0 fully saturated rings. The van der Waals surface area contributed by atoms with E-state index >= 15 is 0 Å². The molecule has 12 heavy (non-hydrogen) atoms. The molecule has 0 radical (unpaired) electrons. The van der Waals surface area contributed by atoms with E-state index in [-0.39, 0.29) is 0 Å². The molecule has 1 heterocycles. The summed E-state index contributed by atoms with van der Waals surface area (Å²) in [4.78, 5) is 0.928. The van der Waals surface area contributed by atoms with Gasteiger partial charge in [-0.25, -0.2) is 0 Å². The smallest absolute Gasteiger partial charge is 0.0498 e. The Kier molecular flexibility index (Phi) is 1.98. The van der Waals surface area contributed by atoms with Crippen LogP contribution in [0.25, 0.3) is 0 Å². The van der Waals surface area contributed by atoms with Crippen LogP contribution < -0.4 is 5.32 Å². The van der Waals surface area contributed by atoms with E-state index in [0.717, 1.165) is 18.0 Å². The molecular formula is C9H11NOS. The second-order valence-electron chi connectivity index (χ2n) is 2.99. The van der Waals surface area contributed by atoms with Gasteiger partial charge in [0.25, 0.3) is 0 Å². The Morgan fingerprint density at radius 3 is 2.83 bits per heavy atom. The molecule has 0 spiro atoms. The second-order valence-corrected chi connectivity index (χ2v) is 4.37. The van der Waals surface area contributed by atoms with Gasteiger partial charge in [-0.15, -0.1) is 0 Å². The maximum absolute atomic E-state index is 11.1. The first-order valence-corrected chi connectivity index (χ1v) is 5.49. The molecule has 2 rings (SSSR count). The van der Waals surface area contributed by atoms with Crippen LogP contribution in [0.15, 0.2) is 23.1 Å². The van der Waals surface area contributed by atoms with Crippen LogP contribution in [0.1, 0.15) is 11.1 Å². The highest BCUT2D eigenvalue weighted by Crippen LogP contribution is 2.18. The maximum Gasteiger partial charge on any atom is 0.0498 e. The van der Waals surface area contributed by atoms with Gasteiger partial charge >= 0.3 is 0 Å². The minimum Gasteiger partial charge on any atom is -0.309 e. The van der Waals surface area contributed by atoms with Gasteiger partial charge in [0.2, 0.25) is 0 Å². The van der Waals surface area contributed by atoms with E-state index in [1.165, 1.54) is 11.1 Å². The lowest BCUT2D eigenvalue weighted by Gasteiger charge is -1.99. The lowest BCUT2D eigenvalue weighted by molar-refractivity contribution is 0.686. The predicted molar refractivity (Wildman–Crippen MR) is 49.3 cm³/mol. The molecule has 1 atom stereocenters. The van der Waals surface area contributed by atoms with Gasteiger partial charge in [-0.05, 0) is 23.3 Å². The molecule has 1 N–H and O–H groups in total. The number of fused-ring (bicyclic) bond motifs is 1. The van der Waals surface area contributed by atoms with Crippen molar-refractivity contribution < 1.29 is 4.21 Å². The molecule has 64 valence electrons. The summed E-state index contributed by atoms with van der Waals surface area (Å²) in [6.45, 7) is 1.87. The minimum atomic E-state index is -0.849. The molecule has 2 nitrogen and oxygen atoms in total. The van der Waals surface area contributed by atoms with Crippen LogP contribution in [-0.2, 0) is 23.9 Å². The number of benzene rings is 1. The Balaban J connectivity index is 2.45. The molecule has 0 bridgehead atoms. The Bertz CT molecular complexity index is 335. The van der Waals surface area contributed by atoms with Crippen LogP contribution in [0.2, 0.25) is 0 Å². The average Bonchev–Trinajstić information content (AvgIpc) is 2.49. The average molecular weight is 181 g/mol. The predicted octanol–water partition coefficient (Wildman–Crippen LogP) is 1.03. The summed E-state index contributed by atoms with van der Waals surface area (Å²) in [5, 5.41) is 3.25. The van der Waals surface area contributed by atoms with Crippen LogP contribution in [0.4, 0.5) is 0 Å². The SMILES string of the molecule is CS(=O)c1ccc2c(c1)CNC2. The quantitative estimate of drug-likeness (QED) is 0.701. The highest BCUT2D eigenvalue weighted by molar-refractivity contribution is 7.84.